The number of benzene rings is 8. The van der Waals surface area contributed by atoms with Crippen LogP contribution in [-0.4, -0.2) is 4.57 Å². The van der Waals surface area contributed by atoms with Crippen LogP contribution >= 0.6 is 0 Å². The normalized spacial score (nSPS) is 11.3. The molecule has 0 radical (unpaired) electrons. The second-order valence-corrected chi connectivity index (χ2v) is 12.2. The summed E-state index contributed by atoms with van der Waals surface area (Å²) in [4.78, 5) is 2.32. The molecule has 1 heterocycles. The van der Waals surface area contributed by atoms with E-state index in [-0.39, 0.29) is 0 Å². The predicted molar refractivity (Wildman–Crippen MR) is 204 cm³/mol. The summed E-state index contributed by atoms with van der Waals surface area (Å²) in [6.07, 6.45) is 0. The van der Waals surface area contributed by atoms with E-state index in [2.05, 4.69) is 204 Å². The SMILES string of the molecule is c1ccc(-c2ccc(N(c3ccccc3)c3ccc(-c4cccc5c6ccccc6n(-c6ccc7ccccc7c6)c45)cc3)cc2)cc1. The van der Waals surface area contributed by atoms with Crippen molar-refractivity contribution < 1.29 is 0 Å². The molecule has 0 fully saturated rings. The average Bonchev–Trinajstić information content (AvgIpc) is 3.51. The molecule has 9 rings (SSSR count). The molecule has 0 atom stereocenters. The zero-order valence-electron chi connectivity index (χ0n) is 26.4. The lowest BCUT2D eigenvalue weighted by molar-refractivity contribution is 1.19. The van der Waals surface area contributed by atoms with E-state index in [1.165, 1.54) is 54.8 Å². The van der Waals surface area contributed by atoms with Gasteiger partial charge in [-0.25, -0.2) is 0 Å². The molecule has 2 nitrogen and oxygen atoms in total. The first-order valence-corrected chi connectivity index (χ1v) is 16.4. The Balaban J connectivity index is 1.17. The highest BCUT2D eigenvalue weighted by molar-refractivity contribution is 6.14. The molecule has 8 aromatic carbocycles. The van der Waals surface area contributed by atoms with Crippen LogP contribution in [-0.2, 0) is 0 Å². The van der Waals surface area contributed by atoms with Crippen LogP contribution < -0.4 is 4.90 Å². The topological polar surface area (TPSA) is 8.17 Å². The summed E-state index contributed by atoms with van der Waals surface area (Å²) in [5.41, 5.74) is 11.8. The maximum absolute atomic E-state index is 2.44. The summed E-state index contributed by atoms with van der Waals surface area (Å²) >= 11 is 0. The number of nitrogens with zero attached hydrogens (tertiary/aromatic N) is 2. The van der Waals surface area contributed by atoms with Crippen LogP contribution in [0.25, 0.3) is 60.5 Å². The number of para-hydroxylation sites is 3. The van der Waals surface area contributed by atoms with E-state index in [1.54, 1.807) is 0 Å². The predicted octanol–water partition coefficient (Wildman–Crippen LogP) is 12.7. The van der Waals surface area contributed by atoms with Crippen LogP contribution in [0.4, 0.5) is 17.1 Å². The van der Waals surface area contributed by atoms with Crippen LogP contribution in [0.5, 0.6) is 0 Å². The molecule has 0 N–H and O–H groups in total. The summed E-state index contributed by atoms with van der Waals surface area (Å²) in [7, 11) is 0. The largest absolute Gasteiger partial charge is 0.311 e. The average molecular weight is 613 g/mol. The van der Waals surface area contributed by atoms with Gasteiger partial charge >= 0.3 is 0 Å². The first kappa shape index (κ1) is 27.9. The second kappa shape index (κ2) is 11.8. The molecular weight excluding hydrogens is 581 g/mol. The van der Waals surface area contributed by atoms with E-state index in [0.29, 0.717) is 0 Å². The standard InChI is InChI=1S/C46H32N2/c1-3-12-33(13-4-1)35-22-27-39(28-23-35)47(38-16-5-2-6-17-38)40-29-25-36(26-30-40)42-19-11-20-44-43-18-9-10-21-45(43)48(46(42)44)41-31-24-34-14-7-8-15-37(34)32-41/h1-32H. The minimum Gasteiger partial charge on any atom is -0.311 e. The van der Waals surface area contributed by atoms with Gasteiger partial charge in [-0.05, 0) is 82.1 Å². The van der Waals surface area contributed by atoms with Gasteiger partial charge in [0, 0.05) is 39.1 Å². The molecule has 0 spiro atoms. The van der Waals surface area contributed by atoms with Gasteiger partial charge in [0.15, 0.2) is 0 Å². The van der Waals surface area contributed by atoms with Gasteiger partial charge in [-0.2, -0.15) is 0 Å². The van der Waals surface area contributed by atoms with Crippen molar-refractivity contribution in [3.63, 3.8) is 0 Å². The zero-order chi connectivity index (χ0) is 31.9. The Bertz CT molecular complexity index is 2530. The van der Waals surface area contributed by atoms with E-state index in [4.69, 9.17) is 0 Å². The summed E-state index contributed by atoms with van der Waals surface area (Å²) in [5.74, 6) is 0. The first-order chi connectivity index (χ1) is 23.8. The van der Waals surface area contributed by atoms with Crippen LogP contribution in [0.2, 0.25) is 0 Å². The second-order valence-electron chi connectivity index (χ2n) is 12.2. The third-order valence-electron chi connectivity index (χ3n) is 9.37. The molecule has 226 valence electrons. The number of fused-ring (bicyclic) bond motifs is 4. The Labute approximate surface area is 280 Å². The van der Waals surface area contributed by atoms with Crippen molar-refractivity contribution in [1.29, 1.82) is 0 Å². The molecule has 0 saturated heterocycles. The fourth-order valence-electron chi connectivity index (χ4n) is 7.08. The number of anilines is 3. The Morgan fingerprint density at radius 1 is 0.354 bits per heavy atom. The molecule has 0 aliphatic carbocycles. The molecule has 48 heavy (non-hydrogen) atoms. The maximum atomic E-state index is 2.44. The maximum Gasteiger partial charge on any atom is 0.0619 e. The molecule has 0 saturated carbocycles. The van der Waals surface area contributed by atoms with Crippen molar-refractivity contribution in [2.45, 2.75) is 0 Å². The Morgan fingerprint density at radius 2 is 0.917 bits per heavy atom. The molecule has 0 aliphatic heterocycles. The van der Waals surface area contributed by atoms with Gasteiger partial charge in [0.2, 0.25) is 0 Å². The van der Waals surface area contributed by atoms with Crippen molar-refractivity contribution in [3.8, 4) is 27.9 Å². The van der Waals surface area contributed by atoms with Crippen molar-refractivity contribution in [2.75, 3.05) is 4.90 Å². The minimum atomic E-state index is 1.11. The molecule has 0 aliphatic rings. The molecule has 0 unspecified atom stereocenters. The van der Waals surface area contributed by atoms with Gasteiger partial charge < -0.3 is 9.47 Å². The molecule has 1 aromatic heterocycles. The van der Waals surface area contributed by atoms with Crippen LogP contribution in [0.15, 0.2) is 194 Å². The van der Waals surface area contributed by atoms with Crippen LogP contribution in [0, 0.1) is 0 Å². The van der Waals surface area contributed by atoms with E-state index in [0.717, 1.165) is 22.7 Å². The minimum absolute atomic E-state index is 1.11. The van der Waals surface area contributed by atoms with Gasteiger partial charge in [0.05, 0.1) is 11.0 Å². The van der Waals surface area contributed by atoms with Gasteiger partial charge in [-0.1, -0.05) is 140 Å². The van der Waals surface area contributed by atoms with Crippen molar-refractivity contribution in [1.82, 2.24) is 4.57 Å². The van der Waals surface area contributed by atoms with Gasteiger partial charge in [0.25, 0.3) is 0 Å². The van der Waals surface area contributed by atoms with E-state index >= 15 is 0 Å². The zero-order valence-corrected chi connectivity index (χ0v) is 26.4. The number of hydrogen-bond acceptors (Lipinski definition) is 1. The fourth-order valence-corrected chi connectivity index (χ4v) is 7.08. The third-order valence-corrected chi connectivity index (χ3v) is 9.37. The van der Waals surface area contributed by atoms with Crippen molar-refractivity contribution in [3.05, 3.63) is 194 Å². The lowest BCUT2D eigenvalue weighted by Gasteiger charge is -2.26. The smallest absolute Gasteiger partial charge is 0.0619 e. The quantitative estimate of drug-likeness (QED) is 0.181. The van der Waals surface area contributed by atoms with Crippen LogP contribution in [0.1, 0.15) is 0 Å². The summed E-state index contributed by atoms with van der Waals surface area (Å²) in [6.45, 7) is 0. The Morgan fingerprint density at radius 3 is 1.67 bits per heavy atom. The molecule has 0 bridgehead atoms. The van der Waals surface area contributed by atoms with Crippen molar-refractivity contribution >= 4 is 49.6 Å². The molecular formula is C46H32N2. The fraction of sp³-hybridized carbons (Fsp3) is 0. The molecule has 9 aromatic rings. The lowest BCUT2D eigenvalue weighted by atomic mass is 10.0. The van der Waals surface area contributed by atoms with E-state index < -0.39 is 0 Å². The van der Waals surface area contributed by atoms with E-state index in [9.17, 15) is 0 Å². The highest BCUT2D eigenvalue weighted by atomic mass is 15.1. The number of aromatic nitrogens is 1. The highest BCUT2D eigenvalue weighted by Crippen LogP contribution is 2.41. The molecule has 2 heteroatoms. The number of hydrogen-bond donors (Lipinski definition) is 0. The molecule has 0 amide bonds. The van der Waals surface area contributed by atoms with Gasteiger partial charge in [-0.15, -0.1) is 0 Å². The summed E-state index contributed by atoms with van der Waals surface area (Å²) in [6, 6.07) is 69.8. The lowest BCUT2D eigenvalue weighted by Crippen LogP contribution is -2.09. The van der Waals surface area contributed by atoms with Crippen molar-refractivity contribution in [2.24, 2.45) is 0 Å². The van der Waals surface area contributed by atoms with Crippen LogP contribution in [0.3, 0.4) is 0 Å². The van der Waals surface area contributed by atoms with E-state index in [1.807, 2.05) is 0 Å². The first-order valence-electron chi connectivity index (χ1n) is 16.4. The Kier molecular flexibility index (Phi) is 6.84. The van der Waals surface area contributed by atoms with Gasteiger partial charge in [0.1, 0.15) is 0 Å². The monoisotopic (exact) mass is 612 g/mol. The number of rotatable bonds is 6. The van der Waals surface area contributed by atoms with Gasteiger partial charge in [-0.3, -0.25) is 0 Å². The summed E-state index contributed by atoms with van der Waals surface area (Å²) in [5, 5.41) is 4.99. The Hall–Kier alpha value is -6.38. The highest BCUT2D eigenvalue weighted by Gasteiger charge is 2.18. The third kappa shape index (κ3) is 4.83. The summed E-state index contributed by atoms with van der Waals surface area (Å²) < 4.78 is 2.44.